The summed E-state index contributed by atoms with van der Waals surface area (Å²) in [7, 11) is 0. The summed E-state index contributed by atoms with van der Waals surface area (Å²) in [6, 6.07) is 0.594. The number of aryl methyl sites for hydroxylation is 1. The lowest BCUT2D eigenvalue weighted by Gasteiger charge is -2.30. The van der Waals surface area contributed by atoms with Gasteiger partial charge in [-0.15, -0.1) is 11.3 Å². The van der Waals surface area contributed by atoms with Gasteiger partial charge in [0.05, 0.1) is 16.7 Å². The summed E-state index contributed by atoms with van der Waals surface area (Å²) in [5, 5.41) is 6.99. The van der Waals surface area contributed by atoms with Gasteiger partial charge in [0.15, 0.2) is 0 Å². The molecule has 2 fully saturated rings. The summed E-state index contributed by atoms with van der Waals surface area (Å²) in [5.74, 6) is 0.846. The standard InChI is InChI=1S/C14H23N3S/c1-11-16-13(10-18-11)14-5-3-7-17(14)9-12-4-2-6-15-8-12/h10,12,14-15H,2-9H2,1H3. The van der Waals surface area contributed by atoms with Crippen LogP contribution in [0.25, 0.3) is 0 Å². The first-order chi connectivity index (χ1) is 8.83. The number of likely N-dealkylation sites (tertiary alicyclic amines) is 1. The van der Waals surface area contributed by atoms with Gasteiger partial charge in [0.25, 0.3) is 0 Å². The molecule has 2 saturated heterocycles. The molecule has 1 N–H and O–H groups in total. The minimum absolute atomic E-state index is 0.594. The van der Waals surface area contributed by atoms with E-state index < -0.39 is 0 Å². The average Bonchev–Trinajstić information content (AvgIpc) is 2.99. The summed E-state index contributed by atoms with van der Waals surface area (Å²) in [6.07, 6.45) is 5.37. The zero-order valence-electron chi connectivity index (χ0n) is 11.2. The molecule has 0 amide bonds. The first kappa shape index (κ1) is 12.6. The average molecular weight is 265 g/mol. The van der Waals surface area contributed by atoms with Crippen LogP contribution >= 0.6 is 11.3 Å². The van der Waals surface area contributed by atoms with E-state index in [4.69, 9.17) is 4.98 Å². The Morgan fingerprint density at radius 2 is 2.39 bits per heavy atom. The molecule has 100 valence electrons. The van der Waals surface area contributed by atoms with E-state index in [-0.39, 0.29) is 0 Å². The van der Waals surface area contributed by atoms with Gasteiger partial charge >= 0.3 is 0 Å². The van der Waals surface area contributed by atoms with Crippen molar-refractivity contribution in [1.29, 1.82) is 0 Å². The molecule has 2 aliphatic heterocycles. The summed E-state index contributed by atoms with van der Waals surface area (Å²) in [6.45, 7) is 7.05. The fourth-order valence-corrected chi connectivity index (χ4v) is 3.98. The highest BCUT2D eigenvalue weighted by molar-refractivity contribution is 7.09. The maximum absolute atomic E-state index is 4.70. The minimum atomic E-state index is 0.594. The largest absolute Gasteiger partial charge is 0.316 e. The van der Waals surface area contributed by atoms with Crippen LogP contribution in [-0.2, 0) is 0 Å². The highest BCUT2D eigenvalue weighted by Crippen LogP contribution is 2.33. The lowest BCUT2D eigenvalue weighted by molar-refractivity contribution is 0.193. The van der Waals surface area contributed by atoms with E-state index in [0.717, 1.165) is 5.92 Å². The molecule has 3 rings (SSSR count). The number of piperidine rings is 1. The van der Waals surface area contributed by atoms with Crippen molar-refractivity contribution in [1.82, 2.24) is 15.2 Å². The van der Waals surface area contributed by atoms with Crippen molar-refractivity contribution < 1.29 is 0 Å². The van der Waals surface area contributed by atoms with Gasteiger partial charge in [0.2, 0.25) is 0 Å². The molecular weight excluding hydrogens is 242 g/mol. The SMILES string of the molecule is Cc1nc(C2CCCN2CC2CCCNC2)cs1. The fraction of sp³-hybridized carbons (Fsp3) is 0.786. The number of rotatable bonds is 3. The van der Waals surface area contributed by atoms with Crippen LogP contribution in [0.3, 0.4) is 0 Å². The van der Waals surface area contributed by atoms with E-state index in [0.29, 0.717) is 6.04 Å². The summed E-state index contributed by atoms with van der Waals surface area (Å²) >= 11 is 1.79. The second kappa shape index (κ2) is 5.68. The van der Waals surface area contributed by atoms with Gasteiger partial charge in [-0.05, 0) is 58.2 Å². The second-order valence-corrected chi connectivity index (χ2v) is 6.72. The van der Waals surface area contributed by atoms with Gasteiger partial charge in [-0.1, -0.05) is 0 Å². The minimum Gasteiger partial charge on any atom is -0.316 e. The molecule has 2 unspecified atom stereocenters. The predicted molar refractivity (Wildman–Crippen MR) is 76.0 cm³/mol. The third-order valence-corrected chi connectivity index (χ3v) is 5.03. The monoisotopic (exact) mass is 265 g/mol. The molecule has 1 aromatic heterocycles. The van der Waals surface area contributed by atoms with E-state index in [1.165, 1.54) is 62.6 Å². The second-order valence-electron chi connectivity index (χ2n) is 5.66. The van der Waals surface area contributed by atoms with Gasteiger partial charge in [-0.25, -0.2) is 4.98 Å². The summed E-state index contributed by atoms with van der Waals surface area (Å²) in [4.78, 5) is 7.37. The van der Waals surface area contributed by atoms with Gasteiger partial charge in [-0.3, -0.25) is 4.90 Å². The van der Waals surface area contributed by atoms with Crippen molar-refractivity contribution in [3.63, 3.8) is 0 Å². The molecule has 2 atom stereocenters. The number of nitrogens with one attached hydrogen (secondary N) is 1. The summed E-state index contributed by atoms with van der Waals surface area (Å²) in [5.41, 5.74) is 1.32. The van der Waals surface area contributed by atoms with Crippen molar-refractivity contribution in [3.8, 4) is 0 Å². The lowest BCUT2D eigenvalue weighted by Crippen LogP contribution is -2.38. The molecule has 0 saturated carbocycles. The highest BCUT2D eigenvalue weighted by atomic mass is 32.1. The number of hydrogen-bond acceptors (Lipinski definition) is 4. The zero-order chi connectivity index (χ0) is 12.4. The summed E-state index contributed by atoms with van der Waals surface area (Å²) < 4.78 is 0. The van der Waals surface area contributed by atoms with Crippen molar-refractivity contribution in [2.75, 3.05) is 26.2 Å². The molecule has 3 nitrogen and oxygen atoms in total. The molecule has 3 heterocycles. The molecule has 0 aromatic carbocycles. The van der Waals surface area contributed by atoms with E-state index in [1.807, 2.05) is 0 Å². The quantitative estimate of drug-likeness (QED) is 0.910. The smallest absolute Gasteiger partial charge is 0.0898 e. The Labute approximate surface area is 114 Å². The fourth-order valence-electron chi connectivity index (χ4n) is 3.32. The van der Waals surface area contributed by atoms with Gasteiger partial charge in [0, 0.05) is 11.9 Å². The maximum atomic E-state index is 4.70. The molecule has 0 aliphatic carbocycles. The van der Waals surface area contributed by atoms with Gasteiger partial charge in [0.1, 0.15) is 0 Å². The van der Waals surface area contributed by atoms with Crippen LogP contribution in [0.4, 0.5) is 0 Å². The predicted octanol–water partition coefficient (Wildman–Crippen LogP) is 2.59. The van der Waals surface area contributed by atoms with E-state index in [1.54, 1.807) is 11.3 Å². The number of thiazole rings is 1. The number of nitrogens with zero attached hydrogens (tertiary/aromatic N) is 2. The van der Waals surface area contributed by atoms with Crippen LogP contribution in [0.5, 0.6) is 0 Å². The van der Waals surface area contributed by atoms with Crippen LogP contribution in [0, 0.1) is 12.8 Å². The Bertz CT molecular complexity index is 384. The van der Waals surface area contributed by atoms with E-state index in [9.17, 15) is 0 Å². The molecule has 0 radical (unpaired) electrons. The Balaban J connectivity index is 1.63. The maximum Gasteiger partial charge on any atom is 0.0898 e. The Kier molecular flexibility index (Phi) is 3.97. The van der Waals surface area contributed by atoms with E-state index in [2.05, 4.69) is 22.5 Å². The van der Waals surface area contributed by atoms with Crippen molar-refractivity contribution in [2.45, 2.75) is 38.6 Å². The van der Waals surface area contributed by atoms with Crippen LogP contribution in [0.2, 0.25) is 0 Å². The Morgan fingerprint density at radius 1 is 1.44 bits per heavy atom. The molecule has 4 heteroatoms. The Morgan fingerprint density at radius 3 is 3.11 bits per heavy atom. The lowest BCUT2D eigenvalue weighted by atomic mass is 9.98. The normalized spacial score (nSPS) is 29.8. The van der Waals surface area contributed by atoms with Crippen molar-refractivity contribution >= 4 is 11.3 Å². The van der Waals surface area contributed by atoms with Crippen molar-refractivity contribution in [3.05, 3.63) is 16.1 Å². The topological polar surface area (TPSA) is 28.2 Å². The zero-order valence-corrected chi connectivity index (χ0v) is 12.0. The van der Waals surface area contributed by atoms with E-state index >= 15 is 0 Å². The molecule has 2 aliphatic rings. The number of aromatic nitrogens is 1. The molecule has 18 heavy (non-hydrogen) atoms. The van der Waals surface area contributed by atoms with Crippen LogP contribution in [0.1, 0.15) is 42.4 Å². The third-order valence-electron chi connectivity index (χ3n) is 4.23. The van der Waals surface area contributed by atoms with Crippen LogP contribution in [0.15, 0.2) is 5.38 Å². The molecule has 1 aromatic rings. The molecule has 0 bridgehead atoms. The third kappa shape index (κ3) is 2.76. The van der Waals surface area contributed by atoms with Crippen LogP contribution < -0.4 is 5.32 Å². The van der Waals surface area contributed by atoms with Crippen molar-refractivity contribution in [2.24, 2.45) is 5.92 Å². The Hall–Kier alpha value is -0.450. The molecule has 0 spiro atoms. The number of hydrogen-bond donors (Lipinski definition) is 1. The van der Waals surface area contributed by atoms with Crippen LogP contribution in [-0.4, -0.2) is 36.1 Å². The highest BCUT2D eigenvalue weighted by Gasteiger charge is 2.29. The first-order valence-electron chi connectivity index (χ1n) is 7.20. The van der Waals surface area contributed by atoms with Gasteiger partial charge in [-0.2, -0.15) is 0 Å². The molecular formula is C14H23N3S. The first-order valence-corrected chi connectivity index (χ1v) is 8.07. The van der Waals surface area contributed by atoms with Gasteiger partial charge < -0.3 is 5.32 Å².